The van der Waals surface area contributed by atoms with E-state index in [1.807, 2.05) is 25.3 Å². The van der Waals surface area contributed by atoms with Crippen LogP contribution >= 0.6 is 23.4 Å². The molecule has 0 saturated heterocycles. The Hall–Kier alpha value is -0.410. The summed E-state index contributed by atoms with van der Waals surface area (Å²) >= 11 is 7.47. The van der Waals surface area contributed by atoms with E-state index in [1.165, 1.54) is 0 Å². The van der Waals surface area contributed by atoms with Crippen molar-refractivity contribution in [2.24, 2.45) is 0 Å². The number of halogens is 1. The average Bonchev–Trinajstić information content (AvgIpc) is 2.17. The van der Waals surface area contributed by atoms with Gasteiger partial charge >= 0.3 is 0 Å². The zero-order valence-electron chi connectivity index (χ0n) is 7.71. The monoisotopic (exact) mass is 217 g/mol. The molecule has 0 N–H and O–H groups in total. The standard InChI is InChI=1S/C9H12ClNOS/c1-3-6-12-9-7(10)4-5-8(11-9)13-2/h4-5H,3,6H2,1-2H3. The van der Waals surface area contributed by atoms with Gasteiger partial charge in [0.15, 0.2) is 0 Å². The molecule has 1 rings (SSSR count). The van der Waals surface area contributed by atoms with E-state index >= 15 is 0 Å². The summed E-state index contributed by atoms with van der Waals surface area (Å²) in [4.78, 5) is 4.24. The molecule has 0 amide bonds. The Morgan fingerprint density at radius 1 is 1.54 bits per heavy atom. The zero-order chi connectivity index (χ0) is 9.68. The molecular weight excluding hydrogens is 206 g/mol. The summed E-state index contributed by atoms with van der Waals surface area (Å²) in [5.41, 5.74) is 0. The molecule has 0 fully saturated rings. The molecule has 0 spiro atoms. The van der Waals surface area contributed by atoms with Crippen LogP contribution in [0.4, 0.5) is 0 Å². The predicted octanol–water partition coefficient (Wildman–Crippen LogP) is 3.25. The van der Waals surface area contributed by atoms with Crippen LogP contribution in [0.25, 0.3) is 0 Å². The van der Waals surface area contributed by atoms with Crippen molar-refractivity contribution in [2.75, 3.05) is 12.9 Å². The maximum Gasteiger partial charge on any atom is 0.233 e. The van der Waals surface area contributed by atoms with Crippen LogP contribution in [-0.4, -0.2) is 17.8 Å². The van der Waals surface area contributed by atoms with Gasteiger partial charge in [0, 0.05) is 0 Å². The molecule has 4 heteroatoms. The van der Waals surface area contributed by atoms with Gasteiger partial charge in [0.1, 0.15) is 5.02 Å². The number of ether oxygens (including phenoxy) is 1. The minimum atomic E-state index is 0.537. The third-order valence-corrected chi connectivity index (χ3v) is 2.37. The SMILES string of the molecule is CCCOc1nc(SC)ccc1Cl. The lowest BCUT2D eigenvalue weighted by atomic mass is 10.5. The number of hydrogen-bond donors (Lipinski definition) is 0. The Labute approximate surface area is 87.7 Å². The first-order valence-electron chi connectivity index (χ1n) is 4.11. The predicted molar refractivity (Wildman–Crippen MR) is 56.8 cm³/mol. The largest absolute Gasteiger partial charge is 0.477 e. The van der Waals surface area contributed by atoms with Crippen LogP contribution in [0.15, 0.2) is 17.2 Å². The summed E-state index contributed by atoms with van der Waals surface area (Å²) < 4.78 is 5.37. The summed E-state index contributed by atoms with van der Waals surface area (Å²) in [6.45, 7) is 2.71. The molecule has 0 bridgehead atoms. The summed E-state index contributed by atoms with van der Waals surface area (Å²) in [5.74, 6) is 0.537. The molecule has 1 aromatic rings. The molecule has 1 heterocycles. The van der Waals surface area contributed by atoms with Gasteiger partial charge in [-0.25, -0.2) is 4.98 Å². The van der Waals surface area contributed by atoms with Crippen LogP contribution in [-0.2, 0) is 0 Å². The minimum Gasteiger partial charge on any atom is -0.477 e. The van der Waals surface area contributed by atoms with E-state index in [4.69, 9.17) is 16.3 Å². The van der Waals surface area contributed by atoms with E-state index in [1.54, 1.807) is 11.8 Å². The van der Waals surface area contributed by atoms with Crippen molar-refractivity contribution in [1.82, 2.24) is 4.98 Å². The van der Waals surface area contributed by atoms with E-state index in [0.29, 0.717) is 17.5 Å². The van der Waals surface area contributed by atoms with Crippen molar-refractivity contribution >= 4 is 23.4 Å². The Balaban J connectivity index is 2.78. The van der Waals surface area contributed by atoms with E-state index in [-0.39, 0.29) is 0 Å². The lowest BCUT2D eigenvalue weighted by Gasteiger charge is -2.06. The fourth-order valence-corrected chi connectivity index (χ4v) is 1.36. The molecular formula is C9H12ClNOS. The van der Waals surface area contributed by atoms with E-state index in [2.05, 4.69) is 4.98 Å². The van der Waals surface area contributed by atoms with Crippen LogP contribution < -0.4 is 4.74 Å². The quantitative estimate of drug-likeness (QED) is 0.723. The number of nitrogens with zero attached hydrogens (tertiary/aromatic N) is 1. The summed E-state index contributed by atoms with van der Waals surface area (Å²) in [6, 6.07) is 3.69. The highest BCUT2D eigenvalue weighted by Crippen LogP contribution is 2.25. The number of thioether (sulfide) groups is 1. The van der Waals surface area contributed by atoms with Crippen LogP contribution in [0.3, 0.4) is 0 Å². The van der Waals surface area contributed by atoms with Gasteiger partial charge in [0.05, 0.1) is 11.6 Å². The first-order valence-corrected chi connectivity index (χ1v) is 5.71. The Morgan fingerprint density at radius 2 is 2.31 bits per heavy atom. The highest BCUT2D eigenvalue weighted by molar-refractivity contribution is 7.98. The Bertz CT molecular complexity index is 280. The molecule has 13 heavy (non-hydrogen) atoms. The molecule has 0 radical (unpaired) electrons. The van der Waals surface area contributed by atoms with Crippen molar-refractivity contribution < 1.29 is 4.74 Å². The van der Waals surface area contributed by atoms with Crippen molar-refractivity contribution in [2.45, 2.75) is 18.4 Å². The number of rotatable bonds is 4. The molecule has 0 aromatic carbocycles. The van der Waals surface area contributed by atoms with Crippen LogP contribution in [0.2, 0.25) is 5.02 Å². The first kappa shape index (κ1) is 10.7. The zero-order valence-corrected chi connectivity index (χ0v) is 9.28. The average molecular weight is 218 g/mol. The molecule has 2 nitrogen and oxygen atoms in total. The third kappa shape index (κ3) is 3.08. The number of aromatic nitrogens is 1. The second-order valence-electron chi connectivity index (χ2n) is 2.49. The van der Waals surface area contributed by atoms with Crippen molar-refractivity contribution in [3.8, 4) is 5.88 Å². The van der Waals surface area contributed by atoms with Gasteiger partial charge in [-0.15, -0.1) is 11.8 Å². The molecule has 0 saturated carbocycles. The fourth-order valence-electron chi connectivity index (χ4n) is 0.820. The van der Waals surface area contributed by atoms with Gasteiger partial charge in [-0.05, 0) is 24.8 Å². The maximum atomic E-state index is 5.89. The van der Waals surface area contributed by atoms with Crippen LogP contribution in [0.5, 0.6) is 5.88 Å². The van der Waals surface area contributed by atoms with E-state index < -0.39 is 0 Å². The fraction of sp³-hybridized carbons (Fsp3) is 0.444. The van der Waals surface area contributed by atoms with Crippen molar-refractivity contribution in [3.05, 3.63) is 17.2 Å². The molecule has 0 aliphatic heterocycles. The van der Waals surface area contributed by atoms with E-state index in [9.17, 15) is 0 Å². The molecule has 0 unspecified atom stereocenters. The first-order chi connectivity index (χ1) is 6.27. The topological polar surface area (TPSA) is 22.1 Å². The lowest BCUT2D eigenvalue weighted by Crippen LogP contribution is -1.98. The Morgan fingerprint density at radius 3 is 2.92 bits per heavy atom. The number of pyridine rings is 1. The van der Waals surface area contributed by atoms with Gasteiger partial charge < -0.3 is 4.74 Å². The van der Waals surface area contributed by atoms with Crippen molar-refractivity contribution in [3.63, 3.8) is 0 Å². The molecule has 0 aliphatic carbocycles. The molecule has 72 valence electrons. The second-order valence-corrected chi connectivity index (χ2v) is 3.72. The van der Waals surface area contributed by atoms with Gasteiger partial charge in [-0.3, -0.25) is 0 Å². The smallest absolute Gasteiger partial charge is 0.233 e. The molecule has 0 atom stereocenters. The molecule has 0 aliphatic rings. The van der Waals surface area contributed by atoms with Gasteiger partial charge in [0.2, 0.25) is 5.88 Å². The third-order valence-electron chi connectivity index (χ3n) is 1.44. The molecule has 1 aromatic heterocycles. The highest BCUT2D eigenvalue weighted by Gasteiger charge is 2.03. The van der Waals surface area contributed by atoms with Gasteiger partial charge in [0.25, 0.3) is 0 Å². The maximum absolute atomic E-state index is 5.89. The Kier molecular flexibility index (Phi) is 4.39. The van der Waals surface area contributed by atoms with E-state index in [0.717, 1.165) is 11.4 Å². The number of hydrogen-bond acceptors (Lipinski definition) is 3. The van der Waals surface area contributed by atoms with Crippen LogP contribution in [0, 0.1) is 0 Å². The lowest BCUT2D eigenvalue weighted by molar-refractivity contribution is 0.303. The van der Waals surface area contributed by atoms with Gasteiger partial charge in [-0.1, -0.05) is 18.5 Å². The normalized spacial score (nSPS) is 10.1. The summed E-state index contributed by atoms with van der Waals surface area (Å²) in [5, 5.41) is 1.50. The summed E-state index contributed by atoms with van der Waals surface area (Å²) in [7, 11) is 0. The van der Waals surface area contributed by atoms with Crippen molar-refractivity contribution in [1.29, 1.82) is 0 Å². The van der Waals surface area contributed by atoms with Gasteiger partial charge in [-0.2, -0.15) is 0 Å². The highest BCUT2D eigenvalue weighted by atomic mass is 35.5. The summed E-state index contributed by atoms with van der Waals surface area (Å²) in [6.07, 6.45) is 2.93. The minimum absolute atomic E-state index is 0.537. The second kappa shape index (κ2) is 5.35. The van der Waals surface area contributed by atoms with Crippen LogP contribution in [0.1, 0.15) is 13.3 Å².